The second kappa shape index (κ2) is 4.99. The van der Waals surface area contributed by atoms with Crippen LogP contribution in [0.25, 0.3) is 0 Å². The van der Waals surface area contributed by atoms with Gasteiger partial charge in [0.25, 0.3) is 5.91 Å². The van der Waals surface area contributed by atoms with Gasteiger partial charge in [-0.1, -0.05) is 11.7 Å². The molecule has 18 heavy (non-hydrogen) atoms. The number of amides is 1. The van der Waals surface area contributed by atoms with E-state index >= 15 is 0 Å². The molecule has 0 fully saturated rings. The van der Waals surface area contributed by atoms with E-state index in [0.717, 1.165) is 6.26 Å². The molecular weight excluding hydrogens is 243 g/mol. The molecule has 0 saturated carbocycles. The first kappa shape index (κ1) is 13.9. The topological polar surface area (TPSA) is 81.4 Å². The van der Waals surface area contributed by atoms with Crippen molar-refractivity contribution in [3.05, 3.63) is 29.9 Å². The Labute approximate surface area is 103 Å². The Balaban J connectivity index is 3.05. The van der Waals surface area contributed by atoms with E-state index in [2.05, 4.69) is 26.3 Å². The molecule has 0 aliphatic heterocycles. The van der Waals surface area contributed by atoms with Crippen LogP contribution in [0.4, 0.5) is 4.39 Å². The zero-order valence-electron chi connectivity index (χ0n) is 10.2. The Kier molecular flexibility index (Phi) is 3.85. The molecule has 0 unspecified atom stereocenters. The molecule has 1 aromatic heterocycles. The van der Waals surface area contributed by atoms with Gasteiger partial charge in [0.2, 0.25) is 0 Å². The first-order valence-electron chi connectivity index (χ1n) is 4.99. The summed E-state index contributed by atoms with van der Waals surface area (Å²) in [5.41, 5.74) is -0.904. The molecule has 0 aliphatic rings. The van der Waals surface area contributed by atoms with E-state index in [1.54, 1.807) is 0 Å². The van der Waals surface area contributed by atoms with Gasteiger partial charge in [0.15, 0.2) is 5.83 Å². The molecular formula is C11H13FN2O4. The van der Waals surface area contributed by atoms with Crippen LogP contribution in [-0.2, 0) is 15.1 Å². The van der Waals surface area contributed by atoms with Crippen LogP contribution in [0.5, 0.6) is 0 Å². The number of carbonyl (C=O) groups excluding carboxylic acids is 2. The van der Waals surface area contributed by atoms with Gasteiger partial charge in [-0.25, -0.2) is 9.18 Å². The molecule has 0 radical (unpaired) electrons. The number of hydrogen-bond donors (Lipinski definition) is 1. The highest BCUT2D eigenvalue weighted by Gasteiger charge is 2.32. The molecule has 98 valence electrons. The minimum atomic E-state index is -1.13. The molecule has 1 N–H and O–H groups in total. The zero-order valence-corrected chi connectivity index (χ0v) is 10.2. The van der Waals surface area contributed by atoms with Crippen LogP contribution >= 0.6 is 0 Å². The monoisotopic (exact) mass is 256 g/mol. The summed E-state index contributed by atoms with van der Waals surface area (Å²) in [7, 11) is 1.20. The van der Waals surface area contributed by atoms with Crippen molar-refractivity contribution in [1.82, 2.24) is 10.5 Å². The SMILES string of the molecule is C=C(F)C(=O)NC(C)(C)c1nocc1C(=O)OC. The summed E-state index contributed by atoms with van der Waals surface area (Å²) in [6, 6.07) is 0. The highest BCUT2D eigenvalue weighted by Crippen LogP contribution is 2.23. The molecule has 0 spiro atoms. The van der Waals surface area contributed by atoms with E-state index in [0.29, 0.717) is 0 Å². The van der Waals surface area contributed by atoms with Crippen LogP contribution < -0.4 is 5.32 Å². The molecule has 0 bridgehead atoms. The number of carbonyl (C=O) groups is 2. The van der Waals surface area contributed by atoms with Crippen molar-refractivity contribution in [3.8, 4) is 0 Å². The van der Waals surface area contributed by atoms with Gasteiger partial charge in [0.1, 0.15) is 17.5 Å². The summed E-state index contributed by atoms with van der Waals surface area (Å²) in [6.45, 7) is 5.96. The van der Waals surface area contributed by atoms with E-state index in [9.17, 15) is 14.0 Å². The third kappa shape index (κ3) is 2.73. The smallest absolute Gasteiger partial charge is 0.343 e. The van der Waals surface area contributed by atoms with Gasteiger partial charge in [0, 0.05) is 0 Å². The van der Waals surface area contributed by atoms with Crippen LogP contribution in [0.3, 0.4) is 0 Å². The molecule has 1 heterocycles. The van der Waals surface area contributed by atoms with Crippen molar-refractivity contribution in [1.29, 1.82) is 0 Å². The zero-order chi connectivity index (χ0) is 13.9. The first-order chi connectivity index (χ1) is 8.29. The van der Waals surface area contributed by atoms with Crippen molar-refractivity contribution in [2.45, 2.75) is 19.4 Å². The maximum Gasteiger partial charge on any atom is 0.343 e. The highest BCUT2D eigenvalue weighted by atomic mass is 19.1. The lowest BCUT2D eigenvalue weighted by Crippen LogP contribution is -2.42. The predicted molar refractivity (Wildman–Crippen MR) is 59.3 cm³/mol. The maximum absolute atomic E-state index is 12.7. The first-order valence-corrected chi connectivity index (χ1v) is 4.99. The molecule has 1 aromatic rings. The number of halogens is 1. The largest absolute Gasteiger partial charge is 0.465 e. The average molecular weight is 256 g/mol. The van der Waals surface area contributed by atoms with Crippen LogP contribution in [0, 0.1) is 0 Å². The normalized spacial score (nSPS) is 10.9. The van der Waals surface area contributed by atoms with Crippen molar-refractivity contribution in [2.75, 3.05) is 7.11 Å². The van der Waals surface area contributed by atoms with Gasteiger partial charge in [-0.2, -0.15) is 0 Å². The van der Waals surface area contributed by atoms with E-state index < -0.39 is 23.2 Å². The minimum Gasteiger partial charge on any atom is -0.465 e. The van der Waals surface area contributed by atoms with E-state index in [4.69, 9.17) is 0 Å². The second-order valence-electron chi connectivity index (χ2n) is 4.05. The fourth-order valence-corrected chi connectivity index (χ4v) is 1.35. The van der Waals surface area contributed by atoms with Gasteiger partial charge in [-0.15, -0.1) is 0 Å². The summed E-state index contributed by atoms with van der Waals surface area (Å²) in [5, 5.41) is 5.96. The quantitative estimate of drug-likeness (QED) is 0.648. The lowest BCUT2D eigenvalue weighted by atomic mass is 9.97. The fraction of sp³-hybridized carbons (Fsp3) is 0.364. The summed E-state index contributed by atoms with van der Waals surface area (Å²) in [5.74, 6) is -2.78. The molecule has 1 rings (SSSR count). The Bertz CT molecular complexity index is 493. The minimum absolute atomic E-state index is 0.0623. The molecule has 7 heteroatoms. The molecule has 1 amide bonds. The Morgan fingerprint density at radius 3 is 2.67 bits per heavy atom. The van der Waals surface area contributed by atoms with Crippen LogP contribution in [0.2, 0.25) is 0 Å². The number of ether oxygens (including phenoxy) is 1. The summed E-state index contributed by atoms with van der Waals surface area (Å²) in [4.78, 5) is 22.7. The molecule has 0 aromatic carbocycles. The number of nitrogens with one attached hydrogen (secondary N) is 1. The van der Waals surface area contributed by atoms with Crippen molar-refractivity contribution < 1.29 is 23.2 Å². The number of nitrogens with zero attached hydrogens (tertiary/aromatic N) is 1. The van der Waals surface area contributed by atoms with Crippen molar-refractivity contribution >= 4 is 11.9 Å². The molecule has 6 nitrogen and oxygen atoms in total. The van der Waals surface area contributed by atoms with Crippen molar-refractivity contribution in [3.63, 3.8) is 0 Å². The number of hydrogen-bond acceptors (Lipinski definition) is 5. The molecule has 0 saturated heterocycles. The van der Waals surface area contributed by atoms with Gasteiger partial charge >= 0.3 is 5.97 Å². The third-order valence-corrected chi connectivity index (χ3v) is 2.24. The Hall–Kier alpha value is -2.18. The van der Waals surface area contributed by atoms with Gasteiger partial charge in [0.05, 0.1) is 12.6 Å². The second-order valence-corrected chi connectivity index (χ2v) is 4.05. The van der Waals surface area contributed by atoms with Crippen molar-refractivity contribution in [2.24, 2.45) is 0 Å². The van der Waals surface area contributed by atoms with Gasteiger partial charge < -0.3 is 14.6 Å². The summed E-state index contributed by atoms with van der Waals surface area (Å²) < 4.78 is 21.9. The Morgan fingerprint density at radius 1 is 1.56 bits per heavy atom. The van der Waals surface area contributed by atoms with Crippen LogP contribution in [-0.4, -0.2) is 24.1 Å². The number of esters is 1. The number of methoxy groups -OCH3 is 1. The number of aromatic nitrogens is 1. The van der Waals surface area contributed by atoms with E-state index in [-0.39, 0.29) is 11.3 Å². The molecule has 0 atom stereocenters. The third-order valence-electron chi connectivity index (χ3n) is 2.24. The van der Waals surface area contributed by atoms with E-state index in [1.807, 2.05) is 0 Å². The average Bonchev–Trinajstić information content (AvgIpc) is 2.76. The summed E-state index contributed by atoms with van der Waals surface area (Å²) >= 11 is 0. The predicted octanol–water partition coefficient (Wildman–Crippen LogP) is 1.30. The molecule has 0 aliphatic carbocycles. The standard InChI is InChI=1S/C11H13FN2O4/c1-6(12)9(15)13-11(2,3)8-7(5-18-14-8)10(16)17-4/h5H,1H2,2-4H3,(H,13,15). The van der Waals surface area contributed by atoms with Gasteiger partial charge in [-0.3, -0.25) is 4.79 Å². The Morgan fingerprint density at radius 2 is 2.17 bits per heavy atom. The van der Waals surface area contributed by atoms with Crippen LogP contribution in [0.1, 0.15) is 29.9 Å². The highest BCUT2D eigenvalue weighted by molar-refractivity contribution is 5.93. The fourth-order valence-electron chi connectivity index (χ4n) is 1.35. The van der Waals surface area contributed by atoms with Crippen LogP contribution in [0.15, 0.2) is 23.2 Å². The number of rotatable bonds is 4. The maximum atomic E-state index is 12.7. The lowest BCUT2D eigenvalue weighted by molar-refractivity contribution is -0.120. The lowest BCUT2D eigenvalue weighted by Gasteiger charge is -2.23. The van der Waals surface area contributed by atoms with Gasteiger partial charge in [-0.05, 0) is 13.8 Å². The summed E-state index contributed by atoms with van der Waals surface area (Å²) in [6.07, 6.45) is 1.10. The van der Waals surface area contributed by atoms with E-state index in [1.165, 1.54) is 21.0 Å².